The molecule has 4 rings (SSSR count). The predicted molar refractivity (Wildman–Crippen MR) is 130 cm³/mol. The zero-order chi connectivity index (χ0) is 24.9. The van der Waals surface area contributed by atoms with Gasteiger partial charge in [0.05, 0.1) is 18.4 Å². The molecule has 35 heavy (non-hydrogen) atoms. The summed E-state index contributed by atoms with van der Waals surface area (Å²) < 4.78 is 19.1. The fourth-order valence-electron chi connectivity index (χ4n) is 5.26. The lowest BCUT2D eigenvalue weighted by Crippen LogP contribution is -2.51. The number of carbonyl (C=O) groups excluding carboxylic acids is 3. The van der Waals surface area contributed by atoms with Crippen LogP contribution in [0.4, 0.5) is 4.39 Å². The Bertz CT molecular complexity index is 1070. The lowest BCUT2D eigenvalue weighted by Gasteiger charge is -2.41. The Morgan fingerprint density at radius 2 is 1.74 bits per heavy atom. The molecule has 2 saturated heterocycles. The van der Waals surface area contributed by atoms with Gasteiger partial charge in [-0.05, 0) is 62.4 Å². The van der Waals surface area contributed by atoms with Crippen LogP contribution in [0.3, 0.4) is 0 Å². The van der Waals surface area contributed by atoms with Gasteiger partial charge in [-0.2, -0.15) is 0 Å². The number of piperidine rings is 2. The molecule has 0 spiro atoms. The van der Waals surface area contributed by atoms with Crippen LogP contribution in [0.2, 0.25) is 0 Å². The number of likely N-dealkylation sites (tertiary alicyclic amines) is 2. The molecule has 7 heteroatoms. The molecule has 3 unspecified atom stereocenters. The minimum Gasteiger partial charge on any atom is -0.466 e. The third-order valence-electron chi connectivity index (χ3n) is 7.11. The minimum absolute atomic E-state index is 0.0339. The molecule has 0 radical (unpaired) electrons. The number of nitrogens with zero attached hydrogens (tertiary/aromatic N) is 2. The molecular formula is C28H33FN2O4. The van der Waals surface area contributed by atoms with Crippen molar-refractivity contribution in [2.24, 2.45) is 11.8 Å². The third kappa shape index (κ3) is 5.72. The summed E-state index contributed by atoms with van der Waals surface area (Å²) in [6, 6.07) is 14.1. The van der Waals surface area contributed by atoms with Crippen molar-refractivity contribution in [2.45, 2.75) is 39.0 Å². The normalized spacial score (nSPS) is 22.5. The van der Waals surface area contributed by atoms with E-state index >= 15 is 0 Å². The molecule has 2 fully saturated rings. The second-order valence-corrected chi connectivity index (χ2v) is 9.59. The number of amides is 2. The maximum absolute atomic E-state index is 13.9. The van der Waals surface area contributed by atoms with Gasteiger partial charge in [0.2, 0.25) is 5.91 Å². The quantitative estimate of drug-likeness (QED) is 0.602. The summed E-state index contributed by atoms with van der Waals surface area (Å²) in [7, 11) is 0. The highest BCUT2D eigenvalue weighted by Crippen LogP contribution is 2.34. The van der Waals surface area contributed by atoms with Crippen molar-refractivity contribution in [3.05, 3.63) is 71.0 Å². The van der Waals surface area contributed by atoms with E-state index in [1.54, 1.807) is 41.8 Å². The minimum atomic E-state index is -0.396. The highest BCUT2D eigenvalue weighted by Gasteiger charge is 2.38. The van der Waals surface area contributed by atoms with Crippen LogP contribution in [0.5, 0.6) is 0 Å². The molecule has 0 N–H and O–H groups in total. The summed E-state index contributed by atoms with van der Waals surface area (Å²) >= 11 is 0. The van der Waals surface area contributed by atoms with Crippen LogP contribution < -0.4 is 0 Å². The molecule has 2 aliphatic rings. The van der Waals surface area contributed by atoms with Crippen LogP contribution in [-0.2, 0) is 14.3 Å². The van der Waals surface area contributed by atoms with E-state index < -0.39 is 5.92 Å². The number of benzene rings is 2. The second kappa shape index (κ2) is 11.0. The number of hydrogen-bond donors (Lipinski definition) is 0. The smallest absolute Gasteiger partial charge is 0.310 e. The molecule has 6 nitrogen and oxygen atoms in total. The topological polar surface area (TPSA) is 66.9 Å². The fourth-order valence-corrected chi connectivity index (χ4v) is 5.26. The highest BCUT2D eigenvalue weighted by atomic mass is 19.1. The van der Waals surface area contributed by atoms with Crippen molar-refractivity contribution in [1.82, 2.24) is 9.80 Å². The van der Waals surface area contributed by atoms with Gasteiger partial charge in [-0.15, -0.1) is 0 Å². The van der Waals surface area contributed by atoms with Gasteiger partial charge >= 0.3 is 5.97 Å². The van der Waals surface area contributed by atoms with E-state index in [0.717, 1.165) is 12.0 Å². The summed E-state index contributed by atoms with van der Waals surface area (Å²) in [6.45, 7) is 5.56. The van der Waals surface area contributed by atoms with E-state index in [9.17, 15) is 18.8 Å². The van der Waals surface area contributed by atoms with E-state index in [4.69, 9.17) is 4.74 Å². The zero-order valence-electron chi connectivity index (χ0n) is 20.4. The number of aryl methyl sites for hydroxylation is 1. The maximum atomic E-state index is 13.9. The SMILES string of the molecule is CCOC(=O)C1CCCN(C(=O)C2CC(c3ccc(F)c(C)c3)CN(C(=O)c3ccccc3)C2)C1. The van der Waals surface area contributed by atoms with Crippen molar-refractivity contribution in [3.63, 3.8) is 0 Å². The van der Waals surface area contributed by atoms with E-state index in [1.807, 2.05) is 24.3 Å². The first-order valence-corrected chi connectivity index (χ1v) is 12.4. The standard InChI is InChI=1S/C28H33FN2O4/c1-3-35-28(34)22-10-7-13-30(16-22)27(33)24-15-23(21-11-12-25(29)19(2)14-21)17-31(18-24)26(32)20-8-5-4-6-9-20/h4-6,8-9,11-12,14,22-24H,3,7,10,13,15-18H2,1-2H3. The molecule has 2 aromatic carbocycles. The summed E-state index contributed by atoms with van der Waals surface area (Å²) in [5.74, 6) is -1.47. The number of ether oxygens (including phenoxy) is 1. The van der Waals surface area contributed by atoms with Crippen LogP contribution in [-0.4, -0.2) is 60.4 Å². The summed E-state index contributed by atoms with van der Waals surface area (Å²) in [5, 5.41) is 0. The molecule has 3 atom stereocenters. The molecule has 0 saturated carbocycles. The average Bonchev–Trinajstić information content (AvgIpc) is 2.89. The van der Waals surface area contributed by atoms with Gasteiger partial charge in [0, 0.05) is 37.7 Å². The Morgan fingerprint density at radius 1 is 1.00 bits per heavy atom. The van der Waals surface area contributed by atoms with Gasteiger partial charge in [-0.3, -0.25) is 14.4 Å². The van der Waals surface area contributed by atoms with E-state index in [1.165, 1.54) is 6.07 Å². The van der Waals surface area contributed by atoms with Gasteiger partial charge in [-0.1, -0.05) is 30.3 Å². The fraction of sp³-hybridized carbons (Fsp3) is 0.464. The average molecular weight is 481 g/mol. The van der Waals surface area contributed by atoms with Crippen molar-refractivity contribution in [1.29, 1.82) is 0 Å². The molecule has 2 aromatic rings. The molecule has 0 bridgehead atoms. The Balaban J connectivity index is 1.57. The molecule has 186 valence electrons. The van der Waals surface area contributed by atoms with Gasteiger partial charge < -0.3 is 14.5 Å². The van der Waals surface area contributed by atoms with Crippen molar-refractivity contribution in [2.75, 3.05) is 32.8 Å². The molecular weight excluding hydrogens is 447 g/mol. The first kappa shape index (κ1) is 24.9. The highest BCUT2D eigenvalue weighted by molar-refractivity contribution is 5.94. The zero-order valence-corrected chi connectivity index (χ0v) is 20.4. The second-order valence-electron chi connectivity index (χ2n) is 9.59. The lowest BCUT2D eigenvalue weighted by atomic mass is 9.82. The van der Waals surface area contributed by atoms with Crippen LogP contribution in [0, 0.1) is 24.6 Å². The Kier molecular flexibility index (Phi) is 7.83. The van der Waals surface area contributed by atoms with Crippen LogP contribution in [0.15, 0.2) is 48.5 Å². The van der Waals surface area contributed by atoms with E-state index in [0.29, 0.717) is 56.8 Å². The number of esters is 1. The molecule has 0 aliphatic carbocycles. The first-order chi connectivity index (χ1) is 16.9. The van der Waals surface area contributed by atoms with E-state index in [2.05, 4.69) is 0 Å². The Hall–Kier alpha value is -3.22. The van der Waals surface area contributed by atoms with Crippen LogP contribution in [0.25, 0.3) is 0 Å². The predicted octanol–water partition coefficient (Wildman–Crippen LogP) is 4.18. The van der Waals surface area contributed by atoms with Crippen molar-refractivity contribution >= 4 is 17.8 Å². The molecule has 2 heterocycles. The largest absolute Gasteiger partial charge is 0.466 e. The van der Waals surface area contributed by atoms with Crippen molar-refractivity contribution < 1.29 is 23.5 Å². The first-order valence-electron chi connectivity index (χ1n) is 12.4. The van der Waals surface area contributed by atoms with Crippen molar-refractivity contribution in [3.8, 4) is 0 Å². The van der Waals surface area contributed by atoms with Gasteiger partial charge in [-0.25, -0.2) is 4.39 Å². The number of carbonyl (C=O) groups is 3. The molecule has 0 aromatic heterocycles. The molecule has 2 amide bonds. The monoisotopic (exact) mass is 480 g/mol. The summed E-state index contributed by atoms with van der Waals surface area (Å²) in [5.41, 5.74) is 2.05. The Labute approximate surface area is 206 Å². The van der Waals surface area contributed by atoms with E-state index in [-0.39, 0.29) is 35.4 Å². The molecule has 2 aliphatic heterocycles. The van der Waals surface area contributed by atoms with Crippen LogP contribution >= 0.6 is 0 Å². The summed E-state index contributed by atoms with van der Waals surface area (Å²) in [6.07, 6.45) is 2.03. The van der Waals surface area contributed by atoms with Gasteiger partial charge in [0.1, 0.15) is 5.82 Å². The number of hydrogen-bond acceptors (Lipinski definition) is 4. The third-order valence-corrected chi connectivity index (χ3v) is 7.11. The van der Waals surface area contributed by atoms with Crippen LogP contribution in [0.1, 0.15) is 53.6 Å². The summed E-state index contributed by atoms with van der Waals surface area (Å²) in [4.78, 5) is 42.8. The Morgan fingerprint density at radius 3 is 2.46 bits per heavy atom. The maximum Gasteiger partial charge on any atom is 0.310 e. The van der Waals surface area contributed by atoms with Gasteiger partial charge in [0.25, 0.3) is 5.91 Å². The van der Waals surface area contributed by atoms with Gasteiger partial charge in [0.15, 0.2) is 0 Å². The number of halogens is 1. The number of rotatable bonds is 5. The lowest BCUT2D eigenvalue weighted by molar-refractivity contribution is -0.152.